The van der Waals surface area contributed by atoms with Gasteiger partial charge in [0.25, 0.3) is 0 Å². The zero-order valence-corrected chi connectivity index (χ0v) is 12.8. The van der Waals surface area contributed by atoms with Crippen molar-refractivity contribution in [3.63, 3.8) is 0 Å². The first-order chi connectivity index (χ1) is 11.1. The highest BCUT2D eigenvalue weighted by Crippen LogP contribution is 2.29. The number of methoxy groups -OCH3 is 1. The van der Waals surface area contributed by atoms with E-state index < -0.39 is 5.97 Å². The second-order valence-corrected chi connectivity index (χ2v) is 4.67. The van der Waals surface area contributed by atoms with Crippen molar-refractivity contribution in [1.29, 1.82) is 0 Å². The van der Waals surface area contributed by atoms with Gasteiger partial charge in [0.15, 0.2) is 11.5 Å². The molecule has 0 bridgehead atoms. The van der Waals surface area contributed by atoms with E-state index in [0.717, 1.165) is 0 Å². The Hall–Kier alpha value is -2.82. The SMILES string of the molecule is C=CCOC(=O)c1ccc(OCc2cccc(F)c2)c(OC)c1. The van der Waals surface area contributed by atoms with Crippen LogP contribution < -0.4 is 9.47 Å². The van der Waals surface area contributed by atoms with Gasteiger partial charge in [-0.3, -0.25) is 0 Å². The first kappa shape index (κ1) is 16.5. The topological polar surface area (TPSA) is 44.8 Å². The summed E-state index contributed by atoms with van der Waals surface area (Å²) in [6.07, 6.45) is 1.49. The average molecular weight is 316 g/mol. The van der Waals surface area contributed by atoms with Crippen molar-refractivity contribution < 1.29 is 23.4 Å². The highest BCUT2D eigenvalue weighted by Gasteiger charge is 2.12. The smallest absolute Gasteiger partial charge is 0.338 e. The summed E-state index contributed by atoms with van der Waals surface area (Å²) < 4.78 is 29.0. The van der Waals surface area contributed by atoms with E-state index in [9.17, 15) is 9.18 Å². The largest absolute Gasteiger partial charge is 0.493 e. The molecule has 2 aromatic carbocycles. The first-order valence-corrected chi connectivity index (χ1v) is 6.97. The highest BCUT2D eigenvalue weighted by molar-refractivity contribution is 5.90. The third-order valence-corrected chi connectivity index (χ3v) is 3.01. The molecule has 0 atom stereocenters. The van der Waals surface area contributed by atoms with Crippen molar-refractivity contribution in [2.24, 2.45) is 0 Å². The molecule has 0 radical (unpaired) electrons. The number of esters is 1. The second kappa shape index (κ2) is 7.98. The summed E-state index contributed by atoms with van der Waals surface area (Å²) >= 11 is 0. The number of hydrogen-bond donors (Lipinski definition) is 0. The summed E-state index contributed by atoms with van der Waals surface area (Å²) in [4.78, 5) is 11.8. The molecule has 120 valence electrons. The molecule has 4 nitrogen and oxygen atoms in total. The molecule has 0 amide bonds. The van der Waals surface area contributed by atoms with Gasteiger partial charge in [-0.25, -0.2) is 9.18 Å². The van der Waals surface area contributed by atoms with Crippen LogP contribution >= 0.6 is 0 Å². The van der Waals surface area contributed by atoms with Crippen molar-refractivity contribution in [2.75, 3.05) is 13.7 Å². The Bertz CT molecular complexity index is 697. The zero-order valence-electron chi connectivity index (χ0n) is 12.8. The summed E-state index contributed by atoms with van der Waals surface area (Å²) in [5.41, 5.74) is 1.04. The summed E-state index contributed by atoms with van der Waals surface area (Å²) in [5, 5.41) is 0. The Morgan fingerprint density at radius 2 is 2.04 bits per heavy atom. The van der Waals surface area contributed by atoms with Crippen LogP contribution in [-0.4, -0.2) is 19.7 Å². The third-order valence-electron chi connectivity index (χ3n) is 3.01. The minimum absolute atomic E-state index is 0.138. The van der Waals surface area contributed by atoms with Gasteiger partial charge in [0, 0.05) is 0 Å². The molecule has 0 spiro atoms. The lowest BCUT2D eigenvalue weighted by Crippen LogP contribution is -2.06. The lowest BCUT2D eigenvalue weighted by molar-refractivity contribution is 0.0549. The molecule has 5 heteroatoms. The molecule has 0 fully saturated rings. The van der Waals surface area contributed by atoms with Crippen molar-refractivity contribution in [2.45, 2.75) is 6.61 Å². The molecule has 0 saturated carbocycles. The molecular formula is C18H17FO4. The van der Waals surface area contributed by atoms with Crippen LogP contribution in [0.1, 0.15) is 15.9 Å². The van der Waals surface area contributed by atoms with E-state index in [1.807, 2.05) is 0 Å². The minimum Gasteiger partial charge on any atom is -0.493 e. The average Bonchev–Trinajstić information content (AvgIpc) is 2.57. The number of benzene rings is 2. The maximum Gasteiger partial charge on any atom is 0.338 e. The number of carbonyl (C=O) groups is 1. The molecule has 23 heavy (non-hydrogen) atoms. The number of carbonyl (C=O) groups excluding carboxylic acids is 1. The van der Waals surface area contributed by atoms with Crippen molar-refractivity contribution >= 4 is 5.97 Å². The summed E-state index contributed by atoms with van der Waals surface area (Å²) in [5.74, 6) is 0.0599. The zero-order chi connectivity index (χ0) is 16.7. The normalized spacial score (nSPS) is 10.0. The summed E-state index contributed by atoms with van der Waals surface area (Å²) in [6, 6.07) is 10.9. The molecule has 0 saturated heterocycles. The highest BCUT2D eigenvalue weighted by atomic mass is 19.1. The van der Waals surface area contributed by atoms with E-state index >= 15 is 0 Å². The maximum absolute atomic E-state index is 13.1. The van der Waals surface area contributed by atoms with E-state index in [4.69, 9.17) is 14.2 Å². The van der Waals surface area contributed by atoms with Crippen LogP contribution in [0.15, 0.2) is 55.1 Å². The van der Waals surface area contributed by atoms with Crippen molar-refractivity contribution in [3.05, 3.63) is 72.1 Å². The van der Waals surface area contributed by atoms with Gasteiger partial charge < -0.3 is 14.2 Å². The lowest BCUT2D eigenvalue weighted by Gasteiger charge is -2.12. The molecule has 0 N–H and O–H groups in total. The van der Waals surface area contributed by atoms with Crippen LogP contribution in [0.3, 0.4) is 0 Å². The molecule has 0 aliphatic heterocycles. The fourth-order valence-corrected chi connectivity index (χ4v) is 1.92. The van der Waals surface area contributed by atoms with Gasteiger partial charge in [0.1, 0.15) is 19.0 Å². The number of rotatable bonds is 7. The van der Waals surface area contributed by atoms with Crippen LogP contribution in [0.2, 0.25) is 0 Å². The van der Waals surface area contributed by atoms with E-state index in [-0.39, 0.29) is 19.0 Å². The van der Waals surface area contributed by atoms with Gasteiger partial charge in [-0.05, 0) is 35.9 Å². The predicted molar refractivity (Wildman–Crippen MR) is 84.2 cm³/mol. The molecule has 2 rings (SSSR count). The van der Waals surface area contributed by atoms with Gasteiger partial charge in [-0.15, -0.1) is 0 Å². The summed E-state index contributed by atoms with van der Waals surface area (Å²) in [7, 11) is 1.48. The molecule has 0 aliphatic carbocycles. The van der Waals surface area contributed by atoms with E-state index in [1.165, 1.54) is 31.4 Å². The third kappa shape index (κ3) is 4.57. The van der Waals surface area contributed by atoms with Crippen LogP contribution in [0.4, 0.5) is 4.39 Å². The van der Waals surface area contributed by atoms with Crippen LogP contribution in [0, 0.1) is 5.82 Å². The van der Waals surface area contributed by atoms with Crippen LogP contribution in [-0.2, 0) is 11.3 Å². The number of ether oxygens (including phenoxy) is 3. The van der Waals surface area contributed by atoms with Gasteiger partial charge in [0.2, 0.25) is 0 Å². The van der Waals surface area contributed by atoms with Crippen LogP contribution in [0.5, 0.6) is 11.5 Å². The van der Waals surface area contributed by atoms with Gasteiger partial charge in [0.05, 0.1) is 12.7 Å². The van der Waals surface area contributed by atoms with Gasteiger partial charge in [-0.1, -0.05) is 24.8 Å². The molecule has 0 unspecified atom stereocenters. The first-order valence-electron chi connectivity index (χ1n) is 6.97. The fraction of sp³-hybridized carbons (Fsp3) is 0.167. The Morgan fingerprint density at radius 3 is 2.74 bits per heavy atom. The van der Waals surface area contributed by atoms with Gasteiger partial charge in [-0.2, -0.15) is 0 Å². The minimum atomic E-state index is -0.472. The predicted octanol–water partition coefficient (Wildman–Crippen LogP) is 3.76. The monoisotopic (exact) mass is 316 g/mol. The fourth-order valence-electron chi connectivity index (χ4n) is 1.92. The number of halogens is 1. The Labute approximate surface area is 134 Å². The molecule has 0 heterocycles. The van der Waals surface area contributed by atoms with E-state index in [2.05, 4.69) is 6.58 Å². The quantitative estimate of drug-likeness (QED) is 0.576. The molecular weight excluding hydrogens is 299 g/mol. The molecule has 2 aromatic rings. The molecule has 0 aromatic heterocycles. The summed E-state index contributed by atoms with van der Waals surface area (Å²) in [6.45, 7) is 3.81. The second-order valence-electron chi connectivity index (χ2n) is 4.67. The standard InChI is InChI=1S/C18H17FO4/c1-3-9-22-18(20)14-7-8-16(17(11-14)21-2)23-12-13-5-4-6-15(19)10-13/h3-8,10-11H,1,9,12H2,2H3. The Balaban J connectivity index is 2.10. The van der Waals surface area contributed by atoms with E-state index in [1.54, 1.807) is 24.3 Å². The van der Waals surface area contributed by atoms with E-state index in [0.29, 0.717) is 22.6 Å². The number of hydrogen-bond acceptors (Lipinski definition) is 4. The van der Waals surface area contributed by atoms with Crippen molar-refractivity contribution in [3.8, 4) is 11.5 Å². The maximum atomic E-state index is 13.1. The Kier molecular flexibility index (Phi) is 5.74. The van der Waals surface area contributed by atoms with Gasteiger partial charge >= 0.3 is 5.97 Å². The molecule has 0 aliphatic rings. The van der Waals surface area contributed by atoms with Crippen LogP contribution in [0.25, 0.3) is 0 Å². The van der Waals surface area contributed by atoms with Crippen molar-refractivity contribution in [1.82, 2.24) is 0 Å². The Morgan fingerprint density at radius 1 is 1.22 bits per heavy atom. The lowest BCUT2D eigenvalue weighted by atomic mass is 10.2.